The summed E-state index contributed by atoms with van der Waals surface area (Å²) in [5.74, 6) is 0. The van der Waals surface area contributed by atoms with Crippen LogP contribution in [0.25, 0.3) is 16.6 Å². The molecule has 4 rings (SSSR count). The first-order valence-electron chi connectivity index (χ1n) is 9.38. The first-order valence-corrected chi connectivity index (χ1v) is 10.5. The van der Waals surface area contributed by atoms with Crippen molar-refractivity contribution < 1.29 is 0 Å². The molecule has 0 amide bonds. The van der Waals surface area contributed by atoms with E-state index in [4.69, 9.17) is 34.8 Å². The summed E-state index contributed by atoms with van der Waals surface area (Å²) in [5, 5.41) is 5.55. The lowest BCUT2D eigenvalue weighted by Gasteiger charge is -2.38. The Morgan fingerprint density at radius 1 is 1.00 bits per heavy atom. The van der Waals surface area contributed by atoms with Gasteiger partial charge in [-0.1, -0.05) is 40.9 Å². The van der Waals surface area contributed by atoms with E-state index in [9.17, 15) is 4.79 Å². The molecule has 3 heterocycles. The van der Waals surface area contributed by atoms with E-state index < -0.39 is 5.56 Å². The summed E-state index contributed by atoms with van der Waals surface area (Å²) in [6.07, 6.45) is 1.36. The first-order chi connectivity index (χ1) is 13.9. The number of rotatable bonds is 3. The van der Waals surface area contributed by atoms with E-state index in [1.165, 1.54) is 10.8 Å². The summed E-state index contributed by atoms with van der Waals surface area (Å²) < 4.78 is 1.49. The zero-order valence-corrected chi connectivity index (χ0v) is 18.3. The number of benzene rings is 1. The molecule has 0 aliphatic carbocycles. The Bertz CT molecular complexity index is 1100. The van der Waals surface area contributed by atoms with Crippen LogP contribution in [0.15, 0.2) is 35.4 Å². The molecular formula is C20H20Cl3N5O. The molecule has 0 radical (unpaired) electrons. The summed E-state index contributed by atoms with van der Waals surface area (Å²) in [5.41, 5.74) is 1.69. The van der Waals surface area contributed by atoms with Crippen LogP contribution in [0.2, 0.25) is 15.2 Å². The van der Waals surface area contributed by atoms with Crippen LogP contribution >= 0.6 is 34.8 Å². The van der Waals surface area contributed by atoms with E-state index in [1.807, 2.05) is 6.07 Å². The second-order valence-corrected chi connectivity index (χ2v) is 8.46. The highest BCUT2D eigenvalue weighted by Gasteiger charge is 2.23. The molecule has 0 unspecified atom stereocenters. The van der Waals surface area contributed by atoms with Crippen LogP contribution in [0.4, 0.5) is 5.69 Å². The lowest BCUT2D eigenvalue weighted by molar-refractivity contribution is 0.209. The van der Waals surface area contributed by atoms with Gasteiger partial charge in [0.25, 0.3) is 5.56 Å². The van der Waals surface area contributed by atoms with Crippen molar-refractivity contribution in [2.45, 2.75) is 19.9 Å². The fourth-order valence-corrected chi connectivity index (χ4v) is 4.53. The highest BCUT2D eigenvalue weighted by atomic mass is 35.5. The van der Waals surface area contributed by atoms with Crippen molar-refractivity contribution >= 4 is 46.0 Å². The second kappa shape index (κ2) is 8.11. The monoisotopic (exact) mass is 451 g/mol. The van der Waals surface area contributed by atoms with Gasteiger partial charge in [0, 0.05) is 37.8 Å². The Hall–Kier alpha value is -1.86. The smallest absolute Gasteiger partial charge is 0.281 e. The van der Waals surface area contributed by atoms with E-state index in [0.29, 0.717) is 37.9 Å². The number of hydrogen-bond acceptors (Lipinski definition) is 5. The van der Waals surface area contributed by atoms with E-state index >= 15 is 0 Å². The summed E-state index contributed by atoms with van der Waals surface area (Å²) in [7, 11) is 0. The van der Waals surface area contributed by atoms with Gasteiger partial charge in [0.15, 0.2) is 5.15 Å². The van der Waals surface area contributed by atoms with Crippen LogP contribution < -0.4 is 10.5 Å². The number of piperazine rings is 1. The molecule has 0 N–H and O–H groups in total. The normalized spacial score (nSPS) is 15.4. The second-order valence-electron chi connectivity index (χ2n) is 7.29. The fourth-order valence-electron chi connectivity index (χ4n) is 3.68. The highest BCUT2D eigenvalue weighted by molar-refractivity contribution is 6.39. The van der Waals surface area contributed by atoms with Crippen LogP contribution in [-0.4, -0.2) is 51.7 Å². The van der Waals surface area contributed by atoms with Crippen molar-refractivity contribution in [3.8, 4) is 11.1 Å². The minimum Gasteiger partial charge on any atom is -0.366 e. The van der Waals surface area contributed by atoms with E-state index in [1.54, 1.807) is 18.2 Å². The number of halogens is 3. The van der Waals surface area contributed by atoms with Crippen molar-refractivity contribution in [1.82, 2.24) is 19.5 Å². The number of hydrogen-bond donors (Lipinski definition) is 0. The molecule has 2 aromatic heterocycles. The quantitative estimate of drug-likeness (QED) is 0.595. The maximum Gasteiger partial charge on any atom is 0.281 e. The molecule has 0 bridgehead atoms. The van der Waals surface area contributed by atoms with Gasteiger partial charge in [0.2, 0.25) is 0 Å². The van der Waals surface area contributed by atoms with Crippen molar-refractivity contribution in [2.24, 2.45) is 0 Å². The standard InChI is InChI=1S/C20H20Cl3N5O/c1-12(2)26-6-8-27(9-7-26)16-10-15-18(17-13(21)4-3-5-14(17)22)20(29)24-11-28(15)25-19(16)23/h3-5,10-12H,6-9H2,1-2H3. The Labute approximate surface area is 183 Å². The number of fused-ring (bicyclic) bond motifs is 1. The van der Waals surface area contributed by atoms with Crippen LogP contribution in [0.1, 0.15) is 13.8 Å². The van der Waals surface area contributed by atoms with E-state index in [-0.39, 0.29) is 0 Å². The van der Waals surface area contributed by atoms with Crippen LogP contribution in [0.5, 0.6) is 0 Å². The Kier molecular flexibility index (Phi) is 5.71. The van der Waals surface area contributed by atoms with Gasteiger partial charge in [0.05, 0.1) is 26.8 Å². The topological polar surface area (TPSA) is 53.7 Å². The molecule has 1 aliphatic heterocycles. The molecular weight excluding hydrogens is 433 g/mol. The van der Waals surface area contributed by atoms with Gasteiger partial charge in [-0.25, -0.2) is 4.52 Å². The van der Waals surface area contributed by atoms with Gasteiger partial charge in [-0.15, -0.1) is 0 Å². The molecule has 1 aromatic carbocycles. The van der Waals surface area contributed by atoms with Crippen molar-refractivity contribution in [1.29, 1.82) is 0 Å². The molecule has 0 atom stereocenters. The average molecular weight is 453 g/mol. The Morgan fingerprint density at radius 2 is 1.66 bits per heavy atom. The third-order valence-electron chi connectivity index (χ3n) is 5.28. The zero-order valence-electron chi connectivity index (χ0n) is 16.1. The summed E-state index contributed by atoms with van der Waals surface area (Å²) in [6, 6.07) is 7.50. The van der Waals surface area contributed by atoms with Gasteiger partial charge >= 0.3 is 0 Å². The SMILES string of the molecule is CC(C)N1CCN(c2cc3c(-c4c(Cl)cccc4Cl)c(=O)ncn3nc2Cl)CC1. The van der Waals surface area contributed by atoms with Gasteiger partial charge in [0.1, 0.15) is 6.33 Å². The van der Waals surface area contributed by atoms with Crippen molar-refractivity contribution in [3.63, 3.8) is 0 Å². The zero-order chi connectivity index (χ0) is 20.7. The number of nitrogens with zero attached hydrogens (tertiary/aromatic N) is 5. The van der Waals surface area contributed by atoms with Gasteiger partial charge in [-0.2, -0.15) is 10.1 Å². The molecule has 152 valence electrons. The van der Waals surface area contributed by atoms with Gasteiger partial charge in [-0.05, 0) is 32.0 Å². The summed E-state index contributed by atoms with van der Waals surface area (Å²) >= 11 is 19.2. The average Bonchev–Trinajstić information content (AvgIpc) is 2.69. The first kappa shape index (κ1) is 20.4. The molecule has 0 spiro atoms. The molecule has 29 heavy (non-hydrogen) atoms. The Morgan fingerprint density at radius 3 is 2.28 bits per heavy atom. The maximum absolute atomic E-state index is 12.7. The molecule has 1 saturated heterocycles. The van der Waals surface area contributed by atoms with Crippen LogP contribution in [0.3, 0.4) is 0 Å². The molecule has 3 aromatic rings. The largest absolute Gasteiger partial charge is 0.366 e. The molecule has 6 nitrogen and oxygen atoms in total. The molecule has 1 fully saturated rings. The minimum atomic E-state index is -0.417. The van der Waals surface area contributed by atoms with Crippen molar-refractivity contribution in [2.75, 3.05) is 31.1 Å². The van der Waals surface area contributed by atoms with Gasteiger partial charge in [-0.3, -0.25) is 9.69 Å². The predicted octanol–water partition coefficient (Wildman–Crippen LogP) is 4.25. The highest BCUT2D eigenvalue weighted by Crippen LogP contribution is 2.36. The predicted molar refractivity (Wildman–Crippen MR) is 119 cm³/mol. The molecule has 0 saturated carbocycles. The van der Waals surface area contributed by atoms with E-state index in [0.717, 1.165) is 31.9 Å². The number of anilines is 1. The third-order valence-corrected chi connectivity index (χ3v) is 6.18. The maximum atomic E-state index is 12.7. The lowest BCUT2D eigenvalue weighted by Crippen LogP contribution is -2.49. The third kappa shape index (κ3) is 3.82. The van der Waals surface area contributed by atoms with Crippen molar-refractivity contribution in [3.05, 3.63) is 56.1 Å². The van der Waals surface area contributed by atoms with Crippen LogP contribution in [0, 0.1) is 0 Å². The number of aromatic nitrogens is 3. The minimum absolute atomic E-state index is 0.314. The van der Waals surface area contributed by atoms with Crippen LogP contribution in [-0.2, 0) is 0 Å². The lowest BCUT2D eigenvalue weighted by atomic mass is 10.1. The molecule has 1 aliphatic rings. The van der Waals surface area contributed by atoms with Gasteiger partial charge < -0.3 is 4.90 Å². The molecule has 9 heteroatoms. The Balaban J connectivity index is 1.86. The summed E-state index contributed by atoms with van der Waals surface area (Å²) in [6.45, 7) is 7.91. The van der Waals surface area contributed by atoms with E-state index in [2.05, 4.69) is 33.7 Å². The summed E-state index contributed by atoms with van der Waals surface area (Å²) in [4.78, 5) is 21.2. The fraction of sp³-hybridized carbons (Fsp3) is 0.350.